The van der Waals surface area contributed by atoms with Crippen molar-refractivity contribution >= 4 is 5.97 Å². The normalized spacial score (nSPS) is 23.0. The lowest BCUT2D eigenvalue weighted by atomic mass is 9.67. The van der Waals surface area contributed by atoms with E-state index in [1.165, 1.54) is 32.1 Å². The number of hydrogen-bond acceptors (Lipinski definition) is 1. The van der Waals surface area contributed by atoms with Crippen LogP contribution < -0.4 is 0 Å². The van der Waals surface area contributed by atoms with Crippen molar-refractivity contribution in [2.24, 2.45) is 11.3 Å². The van der Waals surface area contributed by atoms with Gasteiger partial charge in [0.1, 0.15) is 0 Å². The van der Waals surface area contributed by atoms with Crippen molar-refractivity contribution in [3.63, 3.8) is 0 Å². The van der Waals surface area contributed by atoms with E-state index >= 15 is 0 Å². The average Bonchev–Trinajstić information content (AvgIpc) is 2.18. The van der Waals surface area contributed by atoms with Crippen LogP contribution in [0.3, 0.4) is 0 Å². The van der Waals surface area contributed by atoms with Crippen LogP contribution in [0.15, 0.2) is 0 Å². The molecule has 0 bridgehead atoms. The summed E-state index contributed by atoms with van der Waals surface area (Å²) < 4.78 is 0. The van der Waals surface area contributed by atoms with Crippen LogP contribution in [-0.4, -0.2) is 11.1 Å². The number of carboxylic acids is 1. The van der Waals surface area contributed by atoms with Crippen molar-refractivity contribution < 1.29 is 9.90 Å². The maximum absolute atomic E-state index is 10.8. The van der Waals surface area contributed by atoms with Gasteiger partial charge in [-0.05, 0) is 30.6 Å². The molecule has 0 aromatic heterocycles. The van der Waals surface area contributed by atoms with Crippen molar-refractivity contribution in [2.45, 2.75) is 58.8 Å². The number of aliphatic carboxylic acids is 1. The third kappa shape index (κ3) is 2.73. The van der Waals surface area contributed by atoms with Crippen molar-refractivity contribution in [3.8, 4) is 0 Å². The van der Waals surface area contributed by atoms with Gasteiger partial charge >= 0.3 is 5.97 Å². The highest BCUT2D eigenvalue weighted by molar-refractivity contribution is 5.67. The average molecular weight is 198 g/mol. The van der Waals surface area contributed by atoms with Gasteiger partial charge in [0, 0.05) is 0 Å². The molecule has 0 aliphatic heterocycles. The number of carbonyl (C=O) groups is 1. The Hall–Kier alpha value is -0.530. The van der Waals surface area contributed by atoms with E-state index in [2.05, 4.69) is 13.8 Å². The topological polar surface area (TPSA) is 37.3 Å². The van der Waals surface area contributed by atoms with Crippen molar-refractivity contribution in [2.75, 3.05) is 0 Å². The van der Waals surface area contributed by atoms with Crippen LogP contribution in [0.25, 0.3) is 0 Å². The van der Waals surface area contributed by atoms with Gasteiger partial charge in [0.25, 0.3) is 0 Å². The second-order valence-electron chi connectivity index (χ2n) is 4.91. The maximum Gasteiger partial charge on any atom is 0.303 e. The van der Waals surface area contributed by atoms with Crippen molar-refractivity contribution in [1.29, 1.82) is 0 Å². The van der Waals surface area contributed by atoms with Gasteiger partial charge in [0.15, 0.2) is 0 Å². The fraction of sp³-hybridized carbons (Fsp3) is 0.917. The summed E-state index contributed by atoms with van der Waals surface area (Å²) in [5.41, 5.74) is 0.0340. The van der Waals surface area contributed by atoms with Crippen LogP contribution in [0.1, 0.15) is 58.8 Å². The molecule has 0 amide bonds. The van der Waals surface area contributed by atoms with Crippen molar-refractivity contribution in [1.82, 2.24) is 0 Å². The first-order valence-electron chi connectivity index (χ1n) is 5.80. The van der Waals surface area contributed by atoms with E-state index in [0.29, 0.717) is 12.3 Å². The van der Waals surface area contributed by atoms with Crippen LogP contribution in [0.5, 0.6) is 0 Å². The molecule has 0 heterocycles. The van der Waals surface area contributed by atoms with E-state index < -0.39 is 5.97 Å². The first kappa shape index (κ1) is 11.5. The molecule has 2 heteroatoms. The largest absolute Gasteiger partial charge is 0.481 e. The van der Waals surface area contributed by atoms with E-state index in [1.54, 1.807) is 0 Å². The number of carboxylic acid groups (broad SMARTS) is 1. The van der Waals surface area contributed by atoms with Gasteiger partial charge in [-0.25, -0.2) is 0 Å². The first-order chi connectivity index (χ1) is 6.58. The lowest BCUT2D eigenvalue weighted by molar-refractivity contribution is -0.140. The molecule has 2 nitrogen and oxygen atoms in total. The standard InChI is InChI=1S/C12H22O2/c1-3-12(2,9-11(13)14)10-7-5-4-6-8-10/h10H,3-9H2,1-2H3,(H,13,14). The third-order valence-corrected chi connectivity index (χ3v) is 3.95. The number of rotatable bonds is 4. The summed E-state index contributed by atoms with van der Waals surface area (Å²) in [5, 5.41) is 8.91. The molecular formula is C12H22O2. The Morgan fingerprint density at radius 3 is 2.36 bits per heavy atom. The smallest absolute Gasteiger partial charge is 0.303 e. The Labute approximate surface area is 86.7 Å². The minimum Gasteiger partial charge on any atom is -0.481 e. The second kappa shape index (κ2) is 4.81. The fourth-order valence-electron chi connectivity index (χ4n) is 2.70. The zero-order valence-electron chi connectivity index (χ0n) is 9.38. The highest BCUT2D eigenvalue weighted by atomic mass is 16.4. The molecule has 0 saturated heterocycles. The predicted octanol–water partition coefficient (Wildman–Crippen LogP) is 3.46. The zero-order chi connectivity index (χ0) is 10.6. The quantitative estimate of drug-likeness (QED) is 0.751. The minimum atomic E-state index is -0.639. The molecule has 0 aromatic carbocycles. The van der Waals surface area contributed by atoms with Gasteiger partial charge in [-0.3, -0.25) is 4.79 Å². The van der Waals surface area contributed by atoms with E-state index in [1.807, 2.05) is 0 Å². The molecule has 1 aliphatic carbocycles. The third-order valence-electron chi connectivity index (χ3n) is 3.95. The van der Waals surface area contributed by atoms with Crippen LogP contribution in [-0.2, 0) is 4.79 Å². The zero-order valence-corrected chi connectivity index (χ0v) is 9.38. The molecule has 1 saturated carbocycles. The maximum atomic E-state index is 10.8. The van der Waals surface area contributed by atoms with Crippen LogP contribution in [0.4, 0.5) is 0 Å². The second-order valence-corrected chi connectivity index (χ2v) is 4.91. The molecule has 82 valence electrons. The van der Waals surface area contributed by atoms with Gasteiger partial charge in [0.05, 0.1) is 6.42 Å². The summed E-state index contributed by atoms with van der Waals surface area (Å²) in [6.45, 7) is 4.27. The van der Waals surface area contributed by atoms with Gasteiger partial charge in [-0.15, -0.1) is 0 Å². The summed E-state index contributed by atoms with van der Waals surface area (Å²) in [4.78, 5) is 10.8. The Balaban J connectivity index is 2.61. The lowest BCUT2D eigenvalue weighted by Gasteiger charge is -2.38. The highest BCUT2D eigenvalue weighted by Gasteiger charge is 2.35. The molecule has 1 N–H and O–H groups in total. The minimum absolute atomic E-state index is 0.0340. The molecule has 0 radical (unpaired) electrons. The monoisotopic (exact) mass is 198 g/mol. The van der Waals surface area contributed by atoms with E-state index in [0.717, 1.165) is 6.42 Å². The molecule has 1 aliphatic rings. The molecule has 0 spiro atoms. The fourth-order valence-corrected chi connectivity index (χ4v) is 2.70. The Kier molecular flexibility index (Phi) is 3.97. The molecule has 1 rings (SSSR count). The summed E-state index contributed by atoms with van der Waals surface area (Å²) >= 11 is 0. The van der Waals surface area contributed by atoms with E-state index in [-0.39, 0.29) is 5.41 Å². The molecule has 0 aromatic rings. The summed E-state index contributed by atoms with van der Waals surface area (Å²) in [6.07, 6.45) is 7.72. The summed E-state index contributed by atoms with van der Waals surface area (Å²) in [7, 11) is 0. The molecule has 1 atom stereocenters. The Morgan fingerprint density at radius 2 is 1.93 bits per heavy atom. The molecule has 1 fully saturated rings. The number of hydrogen-bond donors (Lipinski definition) is 1. The Morgan fingerprint density at radius 1 is 1.36 bits per heavy atom. The molecular weight excluding hydrogens is 176 g/mol. The lowest BCUT2D eigenvalue weighted by Crippen LogP contribution is -2.31. The molecule has 14 heavy (non-hydrogen) atoms. The van der Waals surface area contributed by atoms with Crippen LogP contribution in [0, 0.1) is 11.3 Å². The highest BCUT2D eigenvalue weighted by Crippen LogP contribution is 2.43. The predicted molar refractivity (Wildman–Crippen MR) is 57.2 cm³/mol. The van der Waals surface area contributed by atoms with Crippen LogP contribution >= 0.6 is 0 Å². The Bertz CT molecular complexity index is 194. The van der Waals surface area contributed by atoms with Gasteiger partial charge < -0.3 is 5.11 Å². The van der Waals surface area contributed by atoms with Gasteiger partial charge in [-0.2, -0.15) is 0 Å². The molecule has 1 unspecified atom stereocenters. The van der Waals surface area contributed by atoms with E-state index in [9.17, 15) is 4.79 Å². The summed E-state index contributed by atoms with van der Waals surface area (Å²) in [5.74, 6) is -0.00252. The SMILES string of the molecule is CCC(C)(CC(=O)O)C1CCCCC1. The van der Waals surface area contributed by atoms with Gasteiger partial charge in [-0.1, -0.05) is 33.1 Å². The summed E-state index contributed by atoms with van der Waals surface area (Å²) in [6, 6.07) is 0. The van der Waals surface area contributed by atoms with Gasteiger partial charge in [0.2, 0.25) is 0 Å². The van der Waals surface area contributed by atoms with Crippen molar-refractivity contribution in [3.05, 3.63) is 0 Å². The first-order valence-corrected chi connectivity index (χ1v) is 5.80. The van der Waals surface area contributed by atoms with E-state index in [4.69, 9.17) is 5.11 Å². The van der Waals surface area contributed by atoms with Crippen LogP contribution in [0.2, 0.25) is 0 Å².